The fraction of sp³-hybridized carbons (Fsp3) is 0.619. The lowest BCUT2D eigenvalue weighted by atomic mass is 9.87. The van der Waals surface area contributed by atoms with Crippen LogP contribution < -0.4 is 14.8 Å². The van der Waals surface area contributed by atoms with Crippen LogP contribution in [0.3, 0.4) is 0 Å². The molecule has 2 fully saturated rings. The summed E-state index contributed by atoms with van der Waals surface area (Å²) in [4.78, 5) is 27.1. The first-order chi connectivity index (χ1) is 13.2. The molecule has 6 heteroatoms. The first kappa shape index (κ1) is 18.1. The molecule has 0 atom stereocenters. The van der Waals surface area contributed by atoms with Gasteiger partial charge in [0.15, 0.2) is 11.5 Å². The number of hydrogen-bond donors (Lipinski definition) is 1. The van der Waals surface area contributed by atoms with Crippen molar-refractivity contribution in [3.8, 4) is 11.5 Å². The van der Waals surface area contributed by atoms with Gasteiger partial charge >= 0.3 is 0 Å². The van der Waals surface area contributed by atoms with Gasteiger partial charge in [-0.2, -0.15) is 0 Å². The highest BCUT2D eigenvalue weighted by Gasteiger charge is 2.31. The number of rotatable bonds is 4. The highest BCUT2D eigenvalue weighted by atomic mass is 16.7. The summed E-state index contributed by atoms with van der Waals surface area (Å²) in [7, 11) is 0. The number of carbonyl (C=O) groups is 2. The lowest BCUT2D eigenvalue weighted by Gasteiger charge is -2.34. The van der Waals surface area contributed by atoms with Gasteiger partial charge in [-0.3, -0.25) is 9.59 Å². The van der Waals surface area contributed by atoms with Gasteiger partial charge in [-0.25, -0.2) is 0 Å². The monoisotopic (exact) mass is 372 g/mol. The molecule has 2 heterocycles. The molecule has 146 valence electrons. The first-order valence-electron chi connectivity index (χ1n) is 10.2. The van der Waals surface area contributed by atoms with E-state index in [1.807, 2.05) is 23.1 Å². The topological polar surface area (TPSA) is 67.9 Å². The largest absolute Gasteiger partial charge is 0.454 e. The van der Waals surface area contributed by atoms with E-state index >= 15 is 0 Å². The average Bonchev–Trinajstić information content (AvgIpc) is 3.20. The summed E-state index contributed by atoms with van der Waals surface area (Å²) < 4.78 is 10.7. The molecule has 6 nitrogen and oxygen atoms in total. The normalized spacial score (nSPS) is 20.5. The van der Waals surface area contributed by atoms with Gasteiger partial charge in [-0.1, -0.05) is 25.3 Å². The van der Waals surface area contributed by atoms with Crippen LogP contribution in [0.1, 0.15) is 50.5 Å². The second-order valence-corrected chi connectivity index (χ2v) is 7.84. The van der Waals surface area contributed by atoms with Crippen molar-refractivity contribution in [2.45, 2.75) is 51.5 Å². The summed E-state index contributed by atoms with van der Waals surface area (Å²) in [6, 6.07) is 5.73. The summed E-state index contributed by atoms with van der Waals surface area (Å²) in [6.07, 6.45) is 7.19. The van der Waals surface area contributed by atoms with E-state index < -0.39 is 0 Å². The molecule has 27 heavy (non-hydrogen) atoms. The van der Waals surface area contributed by atoms with Crippen LogP contribution in [0.5, 0.6) is 11.5 Å². The molecule has 0 radical (unpaired) electrons. The zero-order valence-electron chi connectivity index (χ0n) is 15.7. The van der Waals surface area contributed by atoms with Crippen molar-refractivity contribution in [3.05, 3.63) is 23.8 Å². The second-order valence-electron chi connectivity index (χ2n) is 7.84. The minimum absolute atomic E-state index is 0.00517. The van der Waals surface area contributed by atoms with E-state index in [2.05, 4.69) is 5.32 Å². The third-order valence-corrected chi connectivity index (χ3v) is 6.04. The van der Waals surface area contributed by atoms with E-state index in [0.29, 0.717) is 25.5 Å². The minimum Gasteiger partial charge on any atom is -0.454 e. The fourth-order valence-corrected chi connectivity index (χ4v) is 4.35. The maximum atomic E-state index is 12.6. The van der Waals surface area contributed by atoms with E-state index in [1.165, 1.54) is 19.3 Å². The van der Waals surface area contributed by atoms with Gasteiger partial charge in [-0.15, -0.1) is 0 Å². The van der Waals surface area contributed by atoms with Crippen molar-refractivity contribution in [3.63, 3.8) is 0 Å². The van der Waals surface area contributed by atoms with Crippen molar-refractivity contribution in [1.29, 1.82) is 0 Å². The first-order valence-corrected chi connectivity index (χ1v) is 10.2. The molecule has 1 N–H and O–H groups in total. The third kappa shape index (κ3) is 4.20. The van der Waals surface area contributed by atoms with Gasteiger partial charge in [0.2, 0.25) is 18.6 Å². The quantitative estimate of drug-likeness (QED) is 0.882. The van der Waals surface area contributed by atoms with Crippen molar-refractivity contribution >= 4 is 11.8 Å². The number of likely N-dealkylation sites (tertiary alicyclic amines) is 1. The number of hydrogen-bond acceptors (Lipinski definition) is 4. The Kier molecular flexibility index (Phi) is 5.50. The van der Waals surface area contributed by atoms with Gasteiger partial charge in [0.1, 0.15) is 0 Å². The van der Waals surface area contributed by atoms with Crippen molar-refractivity contribution in [2.24, 2.45) is 11.8 Å². The molecule has 1 aromatic rings. The lowest BCUT2D eigenvalue weighted by Crippen LogP contribution is -2.45. The number of nitrogens with one attached hydrogen (secondary N) is 1. The summed E-state index contributed by atoms with van der Waals surface area (Å²) in [5, 5.41) is 3.03. The highest BCUT2D eigenvalue weighted by Crippen LogP contribution is 2.32. The van der Waals surface area contributed by atoms with Crippen molar-refractivity contribution in [2.75, 3.05) is 19.9 Å². The van der Waals surface area contributed by atoms with Crippen molar-refractivity contribution < 1.29 is 19.1 Å². The molecule has 3 aliphatic rings. The molecule has 4 rings (SSSR count). The molecule has 2 amide bonds. The number of piperidine rings is 1. The molecule has 1 saturated heterocycles. The SMILES string of the molecule is O=C(NCc1ccc2c(c1)OCO2)C1CCN(C(=O)C2CCCCC2)CC1. The Hall–Kier alpha value is -2.24. The van der Waals surface area contributed by atoms with Crippen LogP contribution in [0.4, 0.5) is 0 Å². The molecular weight excluding hydrogens is 344 g/mol. The third-order valence-electron chi connectivity index (χ3n) is 6.04. The number of fused-ring (bicyclic) bond motifs is 1. The fourth-order valence-electron chi connectivity index (χ4n) is 4.35. The van der Waals surface area contributed by atoms with Crippen LogP contribution in [0.2, 0.25) is 0 Å². The lowest BCUT2D eigenvalue weighted by molar-refractivity contribution is -0.140. The molecule has 0 spiro atoms. The summed E-state index contributed by atoms with van der Waals surface area (Å²) in [5.74, 6) is 2.09. The highest BCUT2D eigenvalue weighted by molar-refractivity contribution is 5.81. The second kappa shape index (κ2) is 8.19. The number of benzene rings is 1. The molecule has 1 saturated carbocycles. The van der Waals surface area contributed by atoms with Gasteiger partial charge in [-0.05, 0) is 43.4 Å². The summed E-state index contributed by atoms with van der Waals surface area (Å²) >= 11 is 0. The van der Waals surface area contributed by atoms with Crippen LogP contribution >= 0.6 is 0 Å². The number of ether oxygens (including phenoxy) is 2. The standard InChI is InChI=1S/C21H28N2O4/c24-20(22-13-15-6-7-18-19(12-15)27-14-26-18)16-8-10-23(11-9-16)21(25)17-4-2-1-3-5-17/h6-7,12,16-17H,1-5,8-11,13-14H2,(H,22,24). The summed E-state index contributed by atoms with van der Waals surface area (Å²) in [6.45, 7) is 2.15. The smallest absolute Gasteiger partial charge is 0.231 e. The van der Waals surface area contributed by atoms with Gasteiger partial charge in [0.25, 0.3) is 0 Å². The average molecular weight is 372 g/mol. The Labute approximate surface area is 160 Å². The van der Waals surface area contributed by atoms with Gasteiger partial charge in [0, 0.05) is 31.5 Å². The number of carbonyl (C=O) groups excluding carboxylic acids is 2. The molecule has 1 aromatic carbocycles. The number of amides is 2. The Morgan fingerprint density at radius 2 is 1.70 bits per heavy atom. The van der Waals surface area contributed by atoms with Crippen LogP contribution in [0.25, 0.3) is 0 Å². The molecule has 0 aromatic heterocycles. The van der Waals surface area contributed by atoms with Gasteiger partial charge in [0.05, 0.1) is 0 Å². The van der Waals surface area contributed by atoms with Gasteiger partial charge < -0.3 is 19.7 Å². The maximum absolute atomic E-state index is 12.6. The maximum Gasteiger partial charge on any atom is 0.231 e. The Morgan fingerprint density at radius 3 is 2.48 bits per heavy atom. The summed E-state index contributed by atoms with van der Waals surface area (Å²) in [5.41, 5.74) is 0.998. The Morgan fingerprint density at radius 1 is 0.963 bits per heavy atom. The predicted octanol–water partition coefficient (Wildman–Crippen LogP) is 2.85. The van der Waals surface area contributed by atoms with E-state index in [0.717, 1.165) is 42.7 Å². The minimum atomic E-state index is -0.00517. The van der Waals surface area contributed by atoms with Crippen LogP contribution in [-0.2, 0) is 16.1 Å². The molecule has 0 bridgehead atoms. The molecule has 1 aliphatic carbocycles. The Balaban J connectivity index is 1.23. The predicted molar refractivity (Wildman–Crippen MR) is 100 cm³/mol. The number of nitrogens with zero attached hydrogens (tertiary/aromatic N) is 1. The van der Waals surface area contributed by atoms with E-state index in [1.54, 1.807) is 0 Å². The van der Waals surface area contributed by atoms with Crippen LogP contribution in [0, 0.1) is 11.8 Å². The van der Waals surface area contributed by atoms with E-state index in [4.69, 9.17) is 9.47 Å². The van der Waals surface area contributed by atoms with E-state index in [-0.39, 0.29) is 24.5 Å². The zero-order chi connectivity index (χ0) is 18.6. The molecule has 2 aliphatic heterocycles. The van der Waals surface area contributed by atoms with E-state index in [9.17, 15) is 9.59 Å². The van der Waals surface area contributed by atoms with Crippen LogP contribution in [0.15, 0.2) is 18.2 Å². The van der Waals surface area contributed by atoms with Crippen LogP contribution in [-0.4, -0.2) is 36.6 Å². The molecular formula is C21H28N2O4. The Bertz CT molecular complexity index is 691. The van der Waals surface area contributed by atoms with Crippen molar-refractivity contribution in [1.82, 2.24) is 10.2 Å². The zero-order valence-corrected chi connectivity index (χ0v) is 15.7. The molecule has 0 unspecified atom stereocenters.